The fourth-order valence-corrected chi connectivity index (χ4v) is 3.61. The van der Waals surface area contributed by atoms with Crippen molar-refractivity contribution >= 4 is 11.8 Å². The first-order chi connectivity index (χ1) is 11.9. The number of amides is 1. The molecule has 0 saturated carbocycles. The van der Waals surface area contributed by atoms with Crippen LogP contribution in [0.3, 0.4) is 0 Å². The van der Waals surface area contributed by atoms with Crippen LogP contribution in [-0.4, -0.2) is 54.9 Å². The molecule has 1 unspecified atom stereocenters. The molecule has 2 fully saturated rings. The maximum absolute atomic E-state index is 13.1. The first kappa shape index (κ1) is 17.8. The summed E-state index contributed by atoms with van der Waals surface area (Å²) in [6, 6.07) is 3.54. The molecule has 2 saturated heterocycles. The van der Waals surface area contributed by atoms with Gasteiger partial charge in [-0.1, -0.05) is 6.07 Å². The van der Waals surface area contributed by atoms with E-state index in [1.165, 1.54) is 17.0 Å². The highest BCUT2D eigenvalue weighted by Crippen LogP contribution is 2.35. The molecule has 2 heterocycles. The van der Waals surface area contributed by atoms with E-state index in [1.54, 1.807) is 0 Å². The number of carbonyl (C=O) groups is 1. The van der Waals surface area contributed by atoms with E-state index in [-0.39, 0.29) is 6.04 Å². The van der Waals surface area contributed by atoms with E-state index in [2.05, 4.69) is 5.32 Å². The maximum atomic E-state index is 13.1. The minimum atomic E-state index is -4.38. The Morgan fingerprint density at radius 3 is 2.60 bits per heavy atom. The number of benzene rings is 1. The summed E-state index contributed by atoms with van der Waals surface area (Å²) in [7, 11) is 0. The number of anilines is 1. The molecule has 1 atom stereocenters. The molecule has 1 amide bonds. The molecule has 2 N–H and O–H groups in total. The first-order valence-electron chi connectivity index (χ1n) is 8.51. The van der Waals surface area contributed by atoms with E-state index in [0.29, 0.717) is 31.7 Å². The molecule has 8 heteroatoms. The number of hydrogen-bond donors (Lipinski definition) is 2. The molecule has 2 aliphatic heterocycles. The number of nitrogens with one attached hydrogen (secondary N) is 1. The van der Waals surface area contributed by atoms with Crippen LogP contribution in [0.2, 0.25) is 0 Å². The van der Waals surface area contributed by atoms with Crippen LogP contribution in [0, 0.1) is 0 Å². The Morgan fingerprint density at radius 1 is 1.24 bits per heavy atom. The quantitative estimate of drug-likeness (QED) is 0.874. The highest BCUT2D eigenvalue weighted by atomic mass is 19.4. The molecule has 1 aromatic rings. The summed E-state index contributed by atoms with van der Waals surface area (Å²) in [4.78, 5) is 14.8. The molecule has 138 valence electrons. The van der Waals surface area contributed by atoms with Crippen LogP contribution in [0.15, 0.2) is 18.2 Å². The minimum Gasteiger partial charge on any atom is -0.465 e. The zero-order valence-corrected chi connectivity index (χ0v) is 13.9. The number of nitrogens with zero attached hydrogens (tertiary/aromatic N) is 2. The Kier molecular flexibility index (Phi) is 5.08. The van der Waals surface area contributed by atoms with Crippen LogP contribution in [-0.2, 0) is 12.6 Å². The van der Waals surface area contributed by atoms with E-state index >= 15 is 0 Å². The molecule has 0 bridgehead atoms. The van der Waals surface area contributed by atoms with Crippen molar-refractivity contribution in [1.82, 2.24) is 10.2 Å². The van der Waals surface area contributed by atoms with Crippen LogP contribution in [0.5, 0.6) is 0 Å². The highest BCUT2D eigenvalue weighted by molar-refractivity contribution is 5.66. The predicted octanol–water partition coefficient (Wildman–Crippen LogP) is 2.80. The van der Waals surface area contributed by atoms with Crippen molar-refractivity contribution in [2.24, 2.45) is 0 Å². The van der Waals surface area contributed by atoms with Gasteiger partial charge in [0.1, 0.15) is 0 Å². The molecule has 0 radical (unpaired) electrons. The summed E-state index contributed by atoms with van der Waals surface area (Å²) in [5.74, 6) is 0. The molecular formula is C17H22F3N3O2. The van der Waals surface area contributed by atoms with Gasteiger partial charge in [0, 0.05) is 38.4 Å². The average molecular weight is 357 g/mol. The van der Waals surface area contributed by atoms with Gasteiger partial charge in [-0.05, 0) is 37.0 Å². The summed E-state index contributed by atoms with van der Waals surface area (Å²) in [5.41, 5.74) is 0.702. The number of hydrogen-bond acceptors (Lipinski definition) is 3. The standard InChI is InChI=1S/C17H22F3N3O2/c18-17(19,20)13-4-3-12(15(10-13)22-6-1-2-7-22)9-14-11-21-5-8-23(14)16(24)25/h3-4,10,14,21H,1-2,5-9,11H2,(H,24,25). The number of carboxylic acid groups (broad SMARTS) is 1. The van der Waals surface area contributed by atoms with E-state index in [9.17, 15) is 23.1 Å². The highest BCUT2D eigenvalue weighted by Gasteiger charge is 2.33. The van der Waals surface area contributed by atoms with Gasteiger partial charge in [-0.2, -0.15) is 13.2 Å². The summed E-state index contributed by atoms with van der Waals surface area (Å²) in [6.45, 7) is 2.96. The molecule has 2 aliphatic rings. The van der Waals surface area contributed by atoms with E-state index in [0.717, 1.165) is 37.6 Å². The first-order valence-corrected chi connectivity index (χ1v) is 8.51. The van der Waals surface area contributed by atoms with Crippen LogP contribution >= 0.6 is 0 Å². The monoisotopic (exact) mass is 357 g/mol. The number of piperazine rings is 1. The van der Waals surface area contributed by atoms with Crippen LogP contribution in [0.4, 0.5) is 23.7 Å². The molecule has 5 nitrogen and oxygen atoms in total. The lowest BCUT2D eigenvalue weighted by atomic mass is 9.99. The van der Waals surface area contributed by atoms with Crippen molar-refractivity contribution < 1.29 is 23.1 Å². The molecule has 3 rings (SSSR count). The van der Waals surface area contributed by atoms with Gasteiger partial charge in [0.05, 0.1) is 11.6 Å². The Labute approximate surface area is 144 Å². The smallest absolute Gasteiger partial charge is 0.416 e. The van der Waals surface area contributed by atoms with Gasteiger partial charge >= 0.3 is 12.3 Å². The van der Waals surface area contributed by atoms with Gasteiger partial charge in [-0.15, -0.1) is 0 Å². The largest absolute Gasteiger partial charge is 0.465 e. The fraction of sp³-hybridized carbons (Fsp3) is 0.588. The lowest BCUT2D eigenvalue weighted by Gasteiger charge is -2.35. The van der Waals surface area contributed by atoms with Crippen molar-refractivity contribution in [1.29, 1.82) is 0 Å². The Balaban J connectivity index is 1.90. The van der Waals surface area contributed by atoms with Gasteiger partial charge in [-0.25, -0.2) is 4.79 Å². The van der Waals surface area contributed by atoms with Gasteiger partial charge in [0.25, 0.3) is 0 Å². The lowest BCUT2D eigenvalue weighted by molar-refractivity contribution is -0.137. The number of halogens is 3. The SMILES string of the molecule is O=C(O)N1CCNCC1Cc1ccc(C(F)(F)F)cc1N1CCCC1. The lowest BCUT2D eigenvalue weighted by Crippen LogP contribution is -2.54. The zero-order chi connectivity index (χ0) is 18.0. The average Bonchev–Trinajstić information content (AvgIpc) is 3.09. The Hall–Kier alpha value is -1.96. The Bertz CT molecular complexity index is 630. The summed E-state index contributed by atoms with van der Waals surface area (Å²) in [6.07, 6.45) is -3.04. The van der Waals surface area contributed by atoms with Crippen molar-refractivity contribution in [3.8, 4) is 0 Å². The number of rotatable bonds is 3. The second-order valence-corrected chi connectivity index (χ2v) is 6.57. The number of alkyl halides is 3. The van der Waals surface area contributed by atoms with Crippen molar-refractivity contribution in [2.75, 3.05) is 37.6 Å². The molecular weight excluding hydrogens is 335 g/mol. The summed E-state index contributed by atoms with van der Waals surface area (Å²) >= 11 is 0. The third kappa shape index (κ3) is 4.00. The van der Waals surface area contributed by atoms with E-state index in [4.69, 9.17) is 0 Å². The molecule has 25 heavy (non-hydrogen) atoms. The van der Waals surface area contributed by atoms with Crippen LogP contribution in [0.1, 0.15) is 24.0 Å². The summed E-state index contributed by atoms with van der Waals surface area (Å²) in [5, 5.41) is 12.5. The van der Waals surface area contributed by atoms with Crippen molar-refractivity contribution in [2.45, 2.75) is 31.5 Å². The van der Waals surface area contributed by atoms with E-state index in [1.807, 2.05) is 4.90 Å². The van der Waals surface area contributed by atoms with E-state index < -0.39 is 17.8 Å². The van der Waals surface area contributed by atoms with Crippen LogP contribution in [0.25, 0.3) is 0 Å². The van der Waals surface area contributed by atoms with Crippen molar-refractivity contribution in [3.05, 3.63) is 29.3 Å². The predicted molar refractivity (Wildman–Crippen MR) is 88.0 cm³/mol. The maximum Gasteiger partial charge on any atom is 0.416 e. The van der Waals surface area contributed by atoms with Crippen LogP contribution < -0.4 is 10.2 Å². The molecule has 0 aromatic heterocycles. The summed E-state index contributed by atoms with van der Waals surface area (Å²) < 4.78 is 39.3. The van der Waals surface area contributed by atoms with Crippen molar-refractivity contribution in [3.63, 3.8) is 0 Å². The minimum absolute atomic E-state index is 0.274. The fourth-order valence-electron chi connectivity index (χ4n) is 3.61. The van der Waals surface area contributed by atoms with Gasteiger partial charge in [0.15, 0.2) is 0 Å². The van der Waals surface area contributed by atoms with Gasteiger partial charge in [0.2, 0.25) is 0 Å². The normalized spacial score (nSPS) is 21.6. The van der Waals surface area contributed by atoms with Gasteiger partial charge < -0.3 is 20.2 Å². The third-order valence-electron chi connectivity index (χ3n) is 4.91. The Morgan fingerprint density at radius 2 is 1.96 bits per heavy atom. The second-order valence-electron chi connectivity index (χ2n) is 6.57. The second kappa shape index (κ2) is 7.11. The zero-order valence-electron chi connectivity index (χ0n) is 13.9. The van der Waals surface area contributed by atoms with Gasteiger partial charge in [-0.3, -0.25) is 0 Å². The molecule has 0 aliphatic carbocycles. The molecule has 0 spiro atoms. The third-order valence-corrected chi connectivity index (χ3v) is 4.91. The molecule has 1 aromatic carbocycles. The topological polar surface area (TPSA) is 55.8 Å².